The Kier molecular flexibility index (Phi) is 30.8. The summed E-state index contributed by atoms with van der Waals surface area (Å²) in [6, 6.07) is 0. The fourth-order valence-electron chi connectivity index (χ4n) is 6.21. The Morgan fingerprint density at radius 3 is 1.02 bits per heavy atom. The first-order valence-electron chi connectivity index (χ1n) is 19.6. The number of hydrogen-bond acceptors (Lipinski definition) is 4. The van der Waals surface area contributed by atoms with Crippen LogP contribution >= 0.6 is 0 Å². The van der Waals surface area contributed by atoms with E-state index in [1.807, 2.05) is 0 Å². The highest BCUT2D eigenvalue weighted by atomic mass is 16.4. The second kappa shape index (κ2) is 32.3. The Hall–Kier alpha value is -2.24. The van der Waals surface area contributed by atoms with Crippen molar-refractivity contribution in [1.29, 1.82) is 0 Å². The molecule has 0 spiro atoms. The highest BCUT2D eigenvalue weighted by Crippen LogP contribution is 2.32. The molecule has 0 aromatic heterocycles. The number of carbonyl (C=O) groups excluding carboxylic acids is 2. The van der Waals surface area contributed by atoms with Crippen LogP contribution in [0.1, 0.15) is 206 Å². The minimum absolute atomic E-state index is 0.00218. The van der Waals surface area contributed by atoms with Crippen molar-refractivity contribution in [3.63, 3.8) is 0 Å². The maximum atomic E-state index is 13.2. The van der Waals surface area contributed by atoms with E-state index in [1.54, 1.807) is 0 Å². The Morgan fingerprint density at radius 1 is 0.426 bits per heavy atom. The minimum Gasteiger partial charge on any atom is -0.481 e. The van der Waals surface area contributed by atoms with Crippen molar-refractivity contribution in [2.24, 2.45) is 5.41 Å². The van der Waals surface area contributed by atoms with Crippen molar-refractivity contribution in [3.05, 3.63) is 24.3 Å². The molecule has 272 valence electrons. The number of Topliss-reactive ketones (excluding diaryl/α,β-unsaturated/α-hetero) is 2. The maximum Gasteiger partial charge on any atom is 0.324 e. The Morgan fingerprint density at radius 2 is 0.723 bits per heavy atom. The van der Waals surface area contributed by atoms with Gasteiger partial charge < -0.3 is 10.2 Å². The molecule has 0 aliphatic carbocycles. The van der Waals surface area contributed by atoms with Gasteiger partial charge in [-0.15, -0.1) is 0 Å². The van der Waals surface area contributed by atoms with Gasteiger partial charge in [-0.05, 0) is 70.6 Å². The van der Waals surface area contributed by atoms with Gasteiger partial charge in [-0.1, -0.05) is 141 Å². The van der Waals surface area contributed by atoms with E-state index in [0.29, 0.717) is 12.8 Å². The normalized spacial score (nSPS) is 13.0. The van der Waals surface area contributed by atoms with E-state index in [0.717, 1.165) is 77.0 Å². The zero-order valence-electron chi connectivity index (χ0n) is 30.6. The monoisotopic (exact) mass is 661 g/mol. The first-order chi connectivity index (χ1) is 22.8. The van der Waals surface area contributed by atoms with Gasteiger partial charge in [0.15, 0.2) is 17.0 Å². The van der Waals surface area contributed by atoms with Crippen molar-refractivity contribution in [2.75, 3.05) is 0 Å². The quantitative estimate of drug-likeness (QED) is 0.0393. The minimum atomic E-state index is -2.24. The molecule has 0 saturated carbocycles. The van der Waals surface area contributed by atoms with Crippen molar-refractivity contribution in [1.82, 2.24) is 0 Å². The predicted octanol–water partition coefficient (Wildman–Crippen LogP) is 12.1. The standard InChI is InChI=1S/C41H72O6/c1-3-5-7-9-11-13-15-17-19-21-23-25-27-29-31-33-37(42)41(40(46)47,36-35-39(44)45)38(43)34-32-30-28-26-24-22-20-18-16-14-12-10-8-6-4-2/h17-20H,3-16,21-36H2,1-2H3,(H,44,45)(H,46,47). The van der Waals surface area contributed by atoms with Crippen LogP contribution in [-0.4, -0.2) is 33.7 Å². The molecule has 0 rings (SSSR count). The molecule has 0 unspecified atom stereocenters. The van der Waals surface area contributed by atoms with Gasteiger partial charge in [0.1, 0.15) is 0 Å². The van der Waals surface area contributed by atoms with Gasteiger partial charge in [0.05, 0.1) is 0 Å². The lowest BCUT2D eigenvalue weighted by molar-refractivity contribution is -0.161. The molecule has 0 radical (unpaired) electrons. The molecular weight excluding hydrogens is 588 g/mol. The van der Waals surface area contributed by atoms with Gasteiger partial charge in [-0.2, -0.15) is 0 Å². The van der Waals surface area contributed by atoms with Gasteiger partial charge in [0, 0.05) is 19.3 Å². The van der Waals surface area contributed by atoms with E-state index in [1.165, 1.54) is 77.0 Å². The SMILES string of the molecule is CCCCCCCCC=CCCCCCCCC(=O)C(CCC(=O)O)(C(=O)O)C(=O)CCCCCCCC=CCCCCCCCC. The van der Waals surface area contributed by atoms with Crippen molar-refractivity contribution < 1.29 is 29.4 Å². The van der Waals surface area contributed by atoms with E-state index in [4.69, 9.17) is 0 Å². The molecule has 0 saturated heterocycles. The number of ketones is 2. The summed E-state index contributed by atoms with van der Waals surface area (Å²) in [6.45, 7) is 4.47. The van der Waals surface area contributed by atoms with E-state index in [-0.39, 0.29) is 12.8 Å². The average molecular weight is 661 g/mol. The molecule has 0 aromatic rings. The first kappa shape index (κ1) is 44.8. The van der Waals surface area contributed by atoms with Crippen LogP contribution < -0.4 is 0 Å². The molecule has 0 amide bonds. The van der Waals surface area contributed by atoms with E-state index < -0.39 is 41.8 Å². The molecule has 0 fully saturated rings. The van der Waals surface area contributed by atoms with Crippen LogP contribution in [0.25, 0.3) is 0 Å². The van der Waals surface area contributed by atoms with Crippen molar-refractivity contribution >= 4 is 23.5 Å². The number of carboxylic acid groups (broad SMARTS) is 2. The van der Waals surface area contributed by atoms with Crippen LogP contribution in [0.4, 0.5) is 0 Å². The van der Waals surface area contributed by atoms with Crippen LogP contribution in [0.3, 0.4) is 0 Å². The van der Waals surface area contributed by atoms with Gasteiger partial charge in [-0.25, -0.2) is 0 Å². The lowest BCUT2D eigenvalue weighted by atomic mass is 9.72. The van der Waals surface area contributed by atoms with E-state index in [2.05, 4.69) is 38.2 Å². The zero-order chi connectivity index (χ0) is 34.9. The lowest BCUT2D eigenvalue weighted by Crippen LogP contribution is -2.46. The molecule has 6 heteroatoms. The Balaban J connectivity index is 4.37. The highest BCUT2D eigenvalue weighted by molar-refractivity contribution is 6.22. The summed E-state index contributed by atoms with van der Waals surface area (Å²) in [6.07, 6.45) is 37.1. The third-order valence-electron chi connectivity index (χ3n) is 9.36. The summed E-state index contributed by atoms with van der Waals surface area (Å²) >= 11 is 0. The van der Waals surface area contributed by atoms with Crippen molar-refractivity contribution in [2.45, 2.75) is 206 Å². The molecule has 0 atom stereocenters. The molecule has 0 aromatic carbocycles. The molecule has 0 aliphatic heterocycles. The predicted molar refractivity (Wildman–Crippen MR) is 196 cm³/mol. The Bertz CT molecular complexity index is 806. The molecule has 6 nitrogen and oxygen atoms in total. The zero-order valence-corrected chi connectivity index (χ0v) is 30.6. The topological polar surface area (TPSA) is 109 Å². The Labute approximate surface area is 288 Å². The molecule has 0 bridgehead atoms. The van der Waals surface area contributed by atoms with Crippen LogP contribution in [0.2, 0.25) is 0 Å². The largest absolute Gasteiger partial charge is 0.481 e. The van der Waals surface area contributed by atoms with Crippen LogP contribution in [-0.2, 0) is 19.2 Å². The van der Waals surface area contributed by atoms with Gasteiger partial charge in [0.2, 0.25) is 0 Å². The van der Waals surface area contributed by atoms with Crippen molar-refractivity contribution in [3.8, 4) is 0 Å². The number of aliphatic carboxylic acids is 2. The molecular formula is C41H72O6. The number of hydrogen-bond donors (Lipinski definition) is 2. The third kappa shape index (κ3) is 24.5. The highest BCUT2D eigenvalue weighted by Gasteiger charge is 2.51. The third-order valence-corrected chi connectivity index (χ3v) is 9.36. The average Bonchev–Trinajstić information content (AvgIpc) is 3.04. The second-order valence-corrected chi connectivity index (χ2v) is 13.6. The number of carbonyl (C=O) groups is 4. The fourth-order valence-corrected chi connectivity index (χ4v) is 6.21. The van der Waals surface area contributed by atoms with Gasteiger partial charge in [-0.3, -0.25) is 19.2 Å². The smallest absolute Gasteiger partial charge is 0.324 e. The van der Waals surface area contributed by atoms with Crippen LogP contribution in [0, 0.1) is 5.41 Å². The summed E-state index contributed by atoms with van der Waals surface area (Å²) < 4.78 is 0. The molecule has 47 heavy (non-hydrogen) atoms. The molecule has 0 heterocycles. The first-order valence-corrected chi connectivity index (χ1v) is 19.6. The number of carboxylic acids is 2. The van der Waals surface area contributed by atoms with Crippen LogP contribution in [0.5, 0.6) is 0 Å². The van der Waals surface area contributed by atoms with E-state index >= 15 is 0 Å². The fraction of sp³-hybridized carbons (Fsp3) is 0.805. The molecule has 2 N–H and O–H groups in total. The van der Waals surface area contributed by atoms with E-state index in [9.17, 15) is 29.4 Å². The summed E-state index contributed by atoms with van der Waals surface area (Å²) in [5.41, 5.74) is -2.24. The lowest BCUT2D eigenvalue weighted by Gasteiger charge is -2.26. The number of allylic oxidation sites excluding steroid dienone is 4. The summed E-state index contributed by atoms with van der Waals surface area (Å²) in [4.78, 5) is 50.2. The summed E-state index contributed by atoms with van der Waals surface area (Å²) in [5, 5.41) is 19.3. The number of unbranched alkanes of at least 4 members (excludes halogenated alkanes) is 22. The van der Waals surface area contributed by atoms with Gasteiger partial charge >= 0.3 is 11.9 Å². The van der Waals surface area contributed by atoms with Gasteiger partial charge in [0.25, 0.3) is 0 Å². The summed E-state index contributed by atoms with van der Waals surface area (Å²) in [5.74, 6) is -3.93. The second-order valence-electron chi connectivity index (χ2n) is 13.6. The molecule has 0 aliphatic rings. The summed E-state index contributed by atoms with van der Waals surface area (Å²) in [7, 11) is 0. The maximum absolute atomic E-state index is 13.2. The van der Waals surface area contributed by atoms with Crippen LogP contribution in [0.15, 0.2) is 24.3 Å². The number of rotatable bonds is 36.